The van der Waals surface area contributed by atoms with Gasteiger partial charge in [-0.1, -0.05) is 54.1 Å². The van der Waals surface area contributed by atoms with Gasteiger partial charge in [-0.2, -0.15) is 0 Å². The van der Waals surface area contributed by atoms with E-state index in [4.69, 9.17) is 17.3 Å². The maximum absolute atomic E-state index is 6.16. The molecule has 100 valence electrons. The molecule has 3 aromatic rings. The van der Waals surface area contributed by atoms with Crippen LogP contribution in [-0.4, -0.2) is 0 Å². The van der Waals surface area contributed by atoms with Crippen LogP contribution in [0.15, 0.2) is 54.6 Å². The van der Waals surface area contributed by atoms with Crippen molar-refractivity contribution in [3.05, 3.63) is 70.7 Å². The summed E-state index contributed by atoms with van der Waals surface area (Å²) < 4.78 is 0. The van der Waals surface area contributed by atoms with Crippen molar-refractivity contribution in [3.8, 4) is 11.1 Å². The van der Waals surface area contributed by atoms with Crippen LogP contribution in [0, 0.1) is 6.92 Å². The Bertz CT molecular complexity index is 777. The molecule has 2 heteroatoms. The monoisotopic (exact) mass is 281 g/mol. The zero-order valence-corrected chi connectivity index (χ0v) is 12.1. The summed E-state index contributed by atoms with van der Waals surface area (Å²) in [5, 5.41) is 3.24. The van der Waals surface area contributed by atoms with Crippen molar-refractivity contribution < 1.29 is 0 Å². The number of benzene rings is 3. The average Bonchev–Trinajstić information content (AvgIpc) is 2.48. The summed E-state index contributed by atoms with van der Waals surface area (Å²) in [6, 6.07) is 18.8. The van der Waals surface area contributed by atoms with Crippen molar-refractivity contribution in [1.82, 2.24) is 0 Å². The summed E-state index contributed by atoms with van der Waals surface area (Å²) in [5.41, 5.74) is 10.4. The first kappa shape index (κ1) is 13.2. The Morgan fingerprint density at radius 1 is 1.00 bits per heavy atom. The molecule has 0 heterocycles. The van der Waals surface area contributed by atoms with Gasteiger partial charge in [0.1, 0.15) is 0 Å². The lowest BCUT2D eigenvalue weighted by atomic mass is 9.93. The molecule has 0 atom stereocenters. The number of hydrogen-bond donors (Lipinski definition) is 1. The zero-order valence-electron chi connectivity index (χ0n) is 11.4. The van der Waals surface area contributed by atoms with E-state index < -0.39 is 0 Å². The Kier molecular flexibility index (Phi) is 3.47. The summed E-state index contributed by atoms with van der Waals surface area (Å²) in [4.78, 5) is 0. The van der Waals surface area contributed by atoms with E-state index >= 15 is 0 Å². The lowest BCUT2D eigenvalue weighted by Crippen LogP contribution is -1.98. The van der Waals surface area contributed by atoms with Crippen LogP contribution in [0.1, 0.15) is 11.1 Å². The number of fused-ring (bicyclic) bond motifs is 1. The van der Waals surface area contributed by atoms with Crippen LogP contribution < -0.4 is 5.73 Å². The van der Waals surface area contributed by atoms with E-state index in [0.717, 1.165) is 10.6 Å². The van der Waals surface area contributed by atoms with Gasteiger partial charge in [-0.3, -0.25) is 0 Å². The van der Waals surface area contributed by atoms with Crippen molar-refractivity contribution in [2.75, 3.05) is 0 Å². The smallest absolute Gasteiger partial charge is 0.0451 e. The largest absolute Gasteiger partial charge is 0.326 e. The third kappa shape index (κ3) is 2.20. The number of nitrogens with two attached hydrogens (primary N) is 1. The molecule has 0 saturated heterocycles. The first-order chi connectivity index (χ1) is 9.70. The third-order valence-electron chi connectivity index (χ3n) is 3.69. The molecule has 0 radical (unpaired) electrons. The van der Waals surface area contributed by atoms with Crippen LogP contribution in [0.2, 0.25) is 5.02 Å². The average molecular weight is 282 g/mol. The molecular formula is C18H16ClN. The van der Waals surface area contributed by atoms with E-state index in [-0.39, 0.29) is 0 Å². The van der Waals surface area contributed by atoms with Gasteiger partial charge in [-0.25, -0.2) is 0 Å². The normalized spacial score (nSPS) is 10.9. The predicted molar refractivity (Wildman–Crippen MR) is 87.0 cm³/mol. The van der Waals surface area contributed by atoms with Crippen LogP contribution >= 0.6 is 11.6 Å². The first-order valence-electron chi connectivity index (χ1n) is 6.68. The maximum Gasteiger partial charge on any atom is 0.0451 e. The summed E-state index contributed by atoms with van der Waals surface area (Å²) in [6.07, 6.45) is 0. The van der Waals surface area contributed by atoms with Crippen molar-refractivity contribution in [2.45, 2.75) is 13.5 Å². The topological polar surface area (TPSA) is 26.0 Å². The molecule has 0 aliphatic carbocycles. The molecule has 20 heavy (non-hydrogen) atoms. The van der Waals surface area contributed by atoms with Gasteiger partial charge >= 0.3 is 0 Å². The molecule has 0 fully saturated rings. The second-order valence-electron chi connectivity index (χ2n) is 4.99. The van der Waals surface area contributed by atoms with Crippen LogP contribution in [0.3, 0.4) is 0 Å². The second-order valence-corrected chi connectivity index (χ2v) is 5.40. The summed E-state index contributed by atoms with van der Waals surface area (Å²) >= 11 is 6.16. The molecule has 0 unspecified atom stereocenters. The Balaban J connectivity index is 2.31. The van der Waals surface area contributed by atoms with Crippen LogP contribution in [0.5, 0.6) is 0 Å². The molecule has 0 bridgehead atoms. The highest BCUT2D eigenvalue weighted by atomic mass is 35.5. The van der Waals surface area contributed by atoms with E-state index in [1.807, 2.05) is 6.07 Å². The van der Waals surface area contributed by atoms with E-state index in [9.17, 15) is 0 Å². The first-order valence-corrected chi connectivity index (χ1v) is 7.05. The van der Waals surface area contributed by atoms with E-state index in [0.29, 0.717) is 6.54 Å². The minimum Gasteiger partial charge on any atom is -0.326 e. The van der Waals surface area contributed by atoms with Gasteiger partial charge in [0.15, 0.2) is 0 Å². The maximum atomic E-state index is 6.16. The highest BCUT2D eigenvalue weighted by Crippen LogP contribution is 2.33. The van der Waals surface area contributed by atoms with Gasteiger partial charge in [-0.05, 0) is 52.1 Å². The molecule has 0 aromatic heterocycles. The number of hydrogen-bond acceptors (Lipinski definition) is 1. The van der Waals surface area contributed by atoms with Crippen LogP contribution in [0.4, 0.5) is 0 Å². The SMILES string of the molecule is Cc1ccc2ccccc2c1-c1ccc(Cl)c(CN)c1. The molecule has 0 amide bonds. The van der Waals surface area contributed by atoms with E-state index in [2.05, 4.69) is 55.5 Å². The molecular weight excluding hydrogens is 266 g/mol. The molecule has 1 nitrogen and oxygen atoms in total. The van der Waals surface area contributed by atoms with E-state index in [1.165, 1.54) is 27.5 Å². The fourth-order valence-corrected chi connectivity index (χ4v) is 2.85. The van der Waals surface area contributed by atoms with Crippen LogP contribution in [-0.2, 0) is 6.54 Å². The lowest BCUT2D eigenvalue weighted by molar-refractivity contribution is 1.07. The molecule has 0 spiro atoms. The molecule has 3 aromatic carbocycles. The third-order valence-corrected chi connectivity index (χ3v) is 4.06. The number of aryl methyl sites for hydroxylation is 1. The minimum absolute atomic E-state index is 0.455. The Morgan fingerprint density at radius 3 is 2.60 bits per heavy atom. The van der Waals surface area contributed by atoms with Gasteiger partial charge in [0.05, 0.1) is 0 Å². The zero-order chi connectivity index (χ0) is 14.1. The number of rotatable bonds is 2. The quantitative estimate of drug-likeness (QED) is 0.708. The van der Waals surface area contributed by atoms with Crippen molar-refractivity contribution >= 4 is 22.4 Å². The summed E-state index contributed by atoms with van der Waals surface area (Å²) in [5.74, 6) is 0. The van der Waals surface area contributed by atoms with Gasteiger partial charge in [-0.15, -0.1) is 0 Å². The van der Waals surface area contributed by atoms with Gasteiger partial charge in [0, 0.05) is 11.6 Å². The Labute approximate surface area is 124 Å². The highest BCUT2D eigenvalue weighted by molar-refractivity contribution is 6.31. The molecule has 0 saturated carbocycles. The highest BCUT2D eigenvalue weighted by Gasteiger charge is 2.09. The second kappa shape index (κ2) is 5.28. The summed E-state index contributed by atoms with van der Waals surface area (Å²) in [7, 11) is 0. The molecule has 2 N–H and O–H groups in total. The van der Waals surface area contributed by atoms with Crippen molar-refractivity contribution in [3.63, 3.8) is 0 Å². The van der Waals surface area contributed by atoms with Gasteiger partial charge in [0.25, 0.3) is 0 Å². The minimum atomic E-state index is 0.455. The number of halogens is 1. The Morgan fingerprint density at radius 2 is 1.80 bits per heavy atom. The summed E-state index contributed by atoms with van der Waals surface area (Å²) in [6.45, 7) is 2.59. The standard InChI is InChI=1S/C18H16ClN/c1-12-6-7-13-4-2-3-5-16(13)18(12)14-8-9-17(19)15(10-14)11-20/h2-10H,11,20H2,1H3. The molecule has 0 aliphatic heterocycles. The molecule has 0 aliphatic rings. The van der Waals surface area contributed by atoms with Crippen molar-refractivity contribution in [2.24, 2.45) is 5.73 Å². The van der Waals surface area contributed by atoms with Gasteiger partial charge < -0.3 is 5.73 Å². The van der Waals surface area contributed by atoms with Gasteiger partial charge in [0.2, 0.25) is 0 Å². The predicted octanol–water partition coefficient (Wildman–Crippen LogP) is 4.93. The van der Waals surface area contributed by atoms with Crippen molar-refractivity contribution in [1.29, 1.82) is 0 Å². The fourth-order valence-electron chi connectivity index (χ4n) is 2.65. The van der Waals surface area contributed by atoms with E-state index in [1.54, 1.807) is 0 Å². The molecule has 3 rings (SSSR count). The Hall–Kier alpha value is -1.83. The van der Waals surface area contributed by atoms with Crippen LogP contribution in [0.25, 0.3) is 21.9 Å². The fraction of sp³-hybridized carbons (Fsp3) is 0.111. The lowest BCUT2D eigenvalue weighted by Gasteiger charge is -2.12.